The minimum atomic E-state index is -0.168. The van der Waals surface area contributed by atoms with Gasteiger partial charge in [-0.25, -0.2) is 4.39 Å². The van der Waals surface area contributed by atoms with E-state index in [4.69, 9.17) is 9.47 Å². The molecular weight excluding hydrogens is 329 g/mol. The molecule has 0 unspecified atom stereocenters. The summed E-state index contributed by atoms with van der Waals surface area (Å²) in [5.74, 6) is 0.539. The number of ether oxygens (including phenoxy) is 2. The fraction of sp³-hybridized carbons (Fsp3) is 0.636. The van der Waals surface area contributed by atoms with E-state index in [-0.39, 0.29) is 5.82 Å². The molecule has 0 atom stereocenters. The second-order valence-corrected chi connectivity index (χ2v) is 7.92. The first-order valence-electron chi connectivity index (χ1n) is 10.2. The standard InChI is InChI=1S/C22H30FNO2/c1-2-21-20(19-8-5-16(23)14-22(19)24-21)13-15-3-6-17(7-4-15)26-18-9-11-25-12-10-18/h5,8,14-15,17-18,24H,2-4,6-7,9-13H2,1H3. The quantitative estimate of drug-likeness (QED) is 0.799. The molecule has 2 fully saturated rings. The van der Waals surface area contributed by atoms with E-state index in [0.29, 0.717) is 18.1 Å². The van der Waals surface area contributed by atoms with Crippen LogP contribution in [0.5, 0.6) is 0 Å². The molecule has 26 heavy (non-hydrogen) atoms. The minimum Gasteiger partial charge on any atom is -0.381 e. The van der Waals surface area contributed by atoms with E-state index in [0.717, 1.165) is 44.4 Å². The summed E-state index contributed by atoms with van der Waals surface area (Å²) < 4.78 is 25.3. The summed E-state index contributed by atoms with van der Waals surface area (Å²) in [5, 5.41) is 1.20. The number of rotatable bonds is 5. The molecule has 4 rings (SSSR count). The van der Waals surface area contributed by atoms with Gasteiger partial charge in [0, 0.05) is 29.8 Å². The van der Waals surface area contributed by atoms with E-state index in [1.54, 1.807) is 12.1 Å². The van der Waals surface area contributed by atoms with Gasteiger partial charge in [-0.05, 0) is 81.0 Å². The molecular formula is C22H30FNO2. The molecule has 1 aliphatic heterocycles. The van der Waals surface area contributed by atoms with E-state index >= 15 is 0 Å². The lowest BCUT2D eigenvalue weighted by Crippen LogP contribution is -2.31. The molecule has 2 aliphatic rings. The van der Waals surface area contributed by atoms with Crippen LogP contribution in [0.4, 0.5) is 4.39 Å². The second kappa shape index (κ2) is 8.10. The van der Waals surface area contributed by atoms with Crippen molar-refractivity contribution >= 4 is 10.9 Å². The Morgan fingerprint density at radius 2 is 1.81 bits per heavy atom. The smallest absolute Gasteiger partial charge is 0.125 e. The molecule has 0 amide bonds. The highest BCUT2D eigenvalue weighted by Gasteiger charge is 2.26. The normalized spacial score (nSPS) is 25.0. The number of aryl methyl sites for hydroxylation is 1. The maximum absolute atomic E-state index is 13.5. The number of aromatic amines is 1. The number of H-pyrrole nitrogens is 1. The number of hydrogen-bond donors (Lipinski definition) is 1. The molecule has 1 N–H and O–H groups in total. The average molecular weight is 359 g/mol. The molecule has 2 heterocycles. The fourth-order valence-electron chi connectivity index (χ4n) is 4.66. The zero-order valence-corrected chi connectivity index (χ0v) is 15.7. The van der Waals surface area contributed by atoms with Gasteiger partial charge >= 0.3 is 0 Å². The molecule has 0 spiro atoms. The molecule has 3 nitrogen and oxygen atoms in total. The van der Waals surface area contributed by atoms with Crippen molar-refractivity contribution in [1.82, 2.24) is 4.98 Å². The van der Waals surface area contributed by atoms with Crippen molar-refractivity contribution in [2.45, 2.75) is 70.5 Å². The van der Waals surface area contributed by atoms with Crippen LogP contribution in [0.15, 0.2) is 18.2 Å². The lowest BCUT2D eigenvalue weighted by atomic mass is 9.82. The van der Waals surface area contributed by atoms with Crippen molar-refractivity contribution in [1.29, 1.82) is 0 Å². The Morgan fingerprint density at radius 1 is 1.08 bits per heavy atom. The molecule has 2 aromatic rings. The summed E-state index contributed by atoms with van der Waals surface area (Å²) in [5.41, 5.74) is 3.61. The number of halogens is 1. The number of fused-ring (bicyclic) bond motifs is 1. The highest BCUT2D eigenvalue weighted by molar-refractivity contribution is 5.84. The predicted octanol–water partition coefficient (Wildman–Crippen LogP) is 5.17. The zero-order valence-electron chi connectivity index (χ0n) is 15.7. The molecule has 1 saturated heterocycles. The van der Waals surface area contributed by atoms with Crippen LogP contribution < -0.4 is 0 Å². The molecule has 142 valence electrons. The third kappa shape index (κ3) is 3.96. The van der Waals surface area contributed by atoms with E-state index in [1.165, 1.54) is 42.3 Å². The topological polar surface area (TPSA) is 34.2 Å². The van der Waals surface area contributed by atoms with Gasteiger partial charge in [-0.3, -0.25) is 0 Å². The first-order valence-corrected chi connectivity index (χ1v) is 10.2. The van der Waals surface area contributed by atoms with Crippen LogP contribution in [-0.4, -0.2) is 30.4 Å². The van der Waals surface area contributed by atoms with Crippen molar-refractivity contribution in [2.75, 3.05) is 13.2 Å². The minimum absolute atomic E-state index is 0.168. The second-order valence-electron chi connectivity index (χ2n) is 7.92. The van der Waals surface area contributed by atoms with Crippen LogP contribution >= 0.6 is 0 Å². The highest BCUT2D eigenvalue weighted by atomic mass is 19.1. The Hall–Kier alpha value is -1.39. The first-order chi connectivity index (χ1) is 12.7. The fourth-order valence-corrected chi connectivity index (χ4v) is 4.66. The van der Waals surface area contributed by atoms with Crippen LogP contribution in [0.2, 0.25) is 0 Å². The average Bonchev–Trinajstić information content (AvgIpc) is 3.01. The van der Waals surface area contributed by atoms with Gasteiger partial charge in [-0.15, -0.1) is 0 Å². The van der Waals surface area contributed by atoms with Gasteiger partial charge in [0.05, 0.1) is 12.2 Å². The number of benzene rings is 1. The van der Waals surface area contributed by atoms with Crippen molar-refractivity contribution in [3.8, 4) is 0 Å². The summed E-state index contributed by atoms with van der Waals surface area (Å²) in [6.07, 6.45) is 9.78. The van der Waals surface area contributed by atoms with Gasteiger partial charge in [0.25, 0.3) is 0 Å². The molecule has 1 saturated carbocycles. The Labute approximate surface area is 155 Å². The lowest BCUT2D eigenvalue weighted by Gasteiger charge is -2.33. The molecule has 1 aliphatic carbocycles. The van der Waals surface area contributed by atoms with Crippen LogP contribution in [0, 0.1) is 11.7 Å². The Bertz CT molecular complexity index is 727. The van der Waals surface area contributed by atoms with Crippen molar-refractivity contribution in [3.05, 3.63) is 35.3 Å². The SMILES string of the molecule is CCc1[nH]c2cc(F)ccc2c1CC1CCC(OC2CCOCC2)CC1. The van der Waals surface area contributed by atoms with E-state index in [9.17, 15) is 4.39 Å². The van der Waals surface area contributed by atoms with Crippen LogP contribution in [-0.2, 0) is 22.3 Å². The van der Waals surface area contributed by atoms with Crippen molar-refractivity contribution in [2.24, 2.45) is 5.92 Å². The van der Waals surface area contributed by atoms with Gasteiger partial charge in [-0.2, -0.15) is 0 Å². The van der Waals surface area contributed by atoms with Crippen molar-refractivity contribution in [3.63, 3.8) is 0 Å². The van der Waals surface area contributed by atoms with Gasteiger partial charge in [0.15, 0.2) is 0 Å². The van der Waals surface area contributed by atoms with Gasteiger partial charge in [0.2, 0.25) is 0 Å². The predicted molar refractivity (Wildman–Crippen MR) is 102 cm³/mol. The highest BCUT2D eigenvalue weighted by Crippen LogP contribution is 2.34. The van der Waals surface area contributed by atoms with Gasteiger partial charge in [0.1, 0.15) is 5.82 Å². The number of aromatic nitrogens is 1. The first kappa shape index (κ1) is 18.0. The summed E-state index contributed by atoms with van der Waals surface area (Å²) in [7, 11) is 0. The van der Waals surface area contributed by atoms with E-state index in [1.807, 2.05) is 6.07 Å². The third-order valence-corrected chi connectivity index (χ3v) is 6.15. The lowest BCUT2D eigenvalue weighted by molar-refractivity contribution is -0.0817. The molecule has 1 aromatic carbocycles. The summed E-state index contributed by atoms with van der Waals surface area (Å²) in [6.45, 7) is 3.87. The Kier molecular flexibility index (Phi) is 5.60. The summed E-state index contributed by atoms with van der Waals surface area (Å²) in [6, 6.07) is 5.14. The maximum Gasteiger partial charge on any atom is 0.125 e. The molecule has 4 heteroatoms. The summed E-state index contributed by atoms with van der Waals surface area (Å²) in [4.78, 5) is 3.43. The molecule has 0 radical (unpaired) electrons. The Morgan fingerprint density at radius 3 is 2.54 bits per heavy atom. The Balaban J connectivity index is 1.37. The monoisotopic (exact) mass is 359 g/mol. The van der Waals surface area contributed by atoms with Crippen LogP contribution in [0.1, 0.15) is 56.7 Å². The van der Waals surface area contributed by atoms with Crippen molar-refractivity contribution < 1.29 is 13.9 Å². The molecule has 0 bridgehead atoms. The van der Waals surface area contributed by atoms with E-state index in [2.05, 4.69) is 11.9 Å². The maximum atomic E-state index is 13.5. The van der Waals surface area contributed by atoms with Gasteiger partial charge in [-0.1, -0.05) is 6.92 Å². The molecule has 1 aromatic heterocycles. The number of hydrogen-bond acceptors (Lipinski definition) is 2. The van der Waals surface area contributed by atoms with Crippen LogP contribution in [0.25, 0.3) is 10.9 Å². The number of nitrogens with one attached hydrogen (secondary N) is 1. The third-order valence-electron chi connectivity index (χ3n) is 6.15. The van der Waals surface area contributed by atoms with Gasteiger partial charge < -0.3 is 14.5 Å². The largest absolute Gasteiger partial charge is 0.381 e. The van der Waals surface area contributed by atoms with E-state index < -0.39 is 0 Å². The summed E-state index contributed by atoms with van der Waals surface area (Å²) >= 11 is 0. The zero-order chi connectivity index (χ0) is 17.9. The van der Waals surface area contributed by atoms with Crippen LogP contribution in [0.3, 0.4) is 0 Å².